The molecule has 0 bridgehead atoms. The smallest absolute Gasteiger partial charge is 0.107 e. The SMILES string of the molecule is CCN(CC)c1ccc(N)c2nc(C)sc12. The molecule has 0 aliphatic rings. The molecule has 0 atom stereocenters. The number of hydrogen-bond donors (Lipinski definition) is 1. The summed E-state index contributed by atoms with van der Waals surface area (Å²) in [5.74, 6) is 0. The van der Waals surface area contributed by atoms with Gasteiger partial charge in [-0.05, 0) is 32.9 Å². The summed E-state index contributed by atoms with van der Waals surface area (Å²) in [5.41, 5.74) is 8.92. The van der Waals surface area contributed by atoms with Crippen molar-refractivity contribution in [2.45, 2.75) is 20.8 Å². The van der Waals surface area contributed by atoms with Crippen molar-refractivity contribution in [1.29, 1.82) is 0 Å². The highest BCUT2D eigenvalue weighted by Gasteiger charge is 2.12. The van der Waals surface area contributed by atoms with Gasteiger partial charge in [0.05, 0.1) is 21.1 Å². The second-order valence-corrected chi connectivity index (χ2v) is 4.96. The van der Waals surface area contributed by atoms with E-state index in [9.17, 15) is 0 Å². The second-order valence-electron chi connectivity index (χ2n) is 3.76. The Balaban J connectivity index is 2.66. The third kappa shape index (κ3) is 1.73. The number of nitrogens with zero attached hydrogens (tertiary/aromatic N) is 2. The Morgan fingerprint density at radius 2 is 2.00 bits per heavy atom. The molecule has 0 spiro atoms. The van der Waals surface area contributed by atoms with Crippen molar-refractivity contribution in [3.05, 3.63) is 17.1 Å². The summed E-state index contributed by atoms with van der Waals surface area (Å²) < 4.78 is 1.21. The van der Waals surface area contributed by atoms with Gasteiger partial charge in [-0.2, -0.15) is 0 Å². The van der Waals surface area contributed by atoms with Crippen LogP contribution in [0.5, 0.6) is 0 Å². The van der Waals surface area contributed by atoms with Gasteiger partial charge in [0.15, 0.2) is 0 Å². The Kier molecular flexibility index (Phi) is 3.01. The summed E-state index contributed by atoms with van der Waals surface area (Å²) in [5, 5.41) is 1.07. The van der Waals surface area contributed by atoms with Gasteiger partial charge in [0.2, 0.25) is 0 Å². The molecule has 4 heteroatoms. The van der Waals surface area contributed by atoms with Crippen molar-refractivity contribution < 1.29 is 0 Å². The monoisotopic (exact) mass is 235 g/mol. The number of rotatable bonds is 3. The quantitative estimate of drug-likeness (QED) is 0.831. The highest BCUT2D eigenvalue weighted by molar-refractivity contribution is 7.19. The van der Waals surface area contributed by atoms with Crippen LogP contribution in [0.3, 0.4) is 0 Å². The van der Waals surface area contributed by atoms with Gasteiger partial charge in [0.1, 0.15) is 5.52 Å². The first-order chi connectivity index (χ1) is 7.67. The van der Waals surface area contributed by atoms with E-state index in [0.29, 0.717) is 0 Å². The molecule has 0 aliphatic heterocycles. The zero-order chi connectivity index (χ0) is 11.7. The van der Waals surface area contributed by atoms with Crippen LogP contribution in [0, 0.1) is 6.92 Å². The number of nitrogens with two attached hydrogens (primary N) is 1. The average Bonchev–Trinajstić information content (AvgIpc) is 2.65. The standard InChI is InChI=1S/C12H17N3S/c1-4-15(5-2)10-7-6-9(13)11-12(10)16-8(3)14-11/h6-7H,4-5,13H2,1-3H3. The summed E-state index contributed by atoms with van der Waals surface area (Å²) >= 11 is 1.72. The number of nitrogen functional groups attached to an aromatic ring is 1. The lowest BCUT2D eigenvalue weighted by Crippen LogP contribution is -2.21. The topological polar surface area (TPSA) is 42.1 Å². The van der Waals surface area contributed by atoms with E-state index in [1.807, 2.05) is 13.0 Å². The largest absolute Gasteiger partial charge is 0.397 e. The number of anilines is 2. The molecular weight excluding hydrogens is 218 g/mol. The van der Waals surface area contributed by atoms with E-state index in [-0.39, 0.29) is 0 Å². The fourth-order valence-electron chi connectivity index (χ4n) is 1.93. The Morgan fingerprint density at radius 1 is 1.31 bits per heavy atom. The second kappa shape index (κ2) is 4.29. The Labute approximate surface area is 99.9 Å². The zero-order valence-electron chi connectivity index (χ0n) is 9.95. The van der Waals surface area contributed by atoms with E-state index in [2.05, 4.69) is 29.8 Å². The van der Waals surface area contributed by atoms with E-state index in [1.54, 1.807) is 11.3 Å². The Bertz CT molecular complexity index is 500. The summed E-state index contributed by atoms with van der Waals surface area (Å²) in [6, 6.07) is 4.05. The molecule has 2 N–H and O–H groups in total. The number of hydrogen-bond acceptors (Lipinski definition) is 4. The van der Waals surface area contributed by atoms with Crippen molar-refractivity contribution in [3.63, 3.8) is 0 Å². The minimum Gasteiger partial charge on any atom is -0.397 e. The van der Waals surface area contributed by atoms with Crippen molar-refractivity contribution in [3.8, 4) is 0 Å². The molecule has 0 saturated carbocycles. The molecule has 0 amide bonds. The molecule has 0 fully saturated rings. The minimum absolute atomic E-state index is 0.773. The normalized spacial score (nSPS) is 10.9. The first-order valence-corrected chi connectivity index (χ1v) is 6.39. The summed E-state index contributed by atoms with van der Waals surface area (Å²) in [6.45, 7) is 8.37. The predicted octanol–water partition coefficient (Wildman–Crippen LogP) is 3.03. The number of benzene rings is 1. The van der Waals surface area contributed by atoms with Crippen molar-refractivity contribution >= 4 is 32.9 Å². The maximum absolute atomic E-state index is 5.95. The summed E-state index contributed by atoms with van der Waals surface area (Å²) in [7, 11) is 0. The highest BCUT2D eigenvalue weighted by Crippen LogP contribution is 2.34. The Hall–Kier alpha value is -1.29. The molecule has 1 aromatic heterocycles. The number of fused-ring (bicyclic) bond motifs is 1. The molecule has 0 radical (unpaired) electrons. The predicted molar refractivity (Wildman–Crippen MR) is 72.3 cm³/mol. The van der Waals surface area contributed by atoms with Crippen LogP contribution in [0.4, 0.5) is 11.4 Å². The van der Waals surface area contributed by atoms with Gasteiger partial charge in [0.25, 0.3) is 0 Å². The van der Waals surface area contributed by atoms with Crippen LogP contribution in [0.2, 0.25) is 0 Å². The number of aromatic nitrogens is 1. The highest BCUT2D eigenvalue weighted by atomic mass is 32.1. The molecule has 16 heavy (non-hydrogen) atoms. The molecule has 0 saturated heterocycles. The van der Waals surface area contributed by atoms with E-state index < -0.39 is 0 Å². The van der Waals surface area contributed by atoms with Crippen LogP contribution >= 0.6 is 11.3 Å². The van der Waals surface area contributed by atoms with Crippen molar-refractivity contribution in [2.24, 2.45) is 0 Å². The van der Waals surface area contributed by atoms with Crippen molar-refractivity contribution in [1.82, 2.24) is 4.98 Å². The number of aryl methyl sites for hydroxylation is 1. The molecule has 1 aromatic carbocycles. The Morgan fingerprint density at radius 3 is 2.62 bits per heavy atom. The summed E-state index contributed by atoms with van der Waals surface area (Å²) in [4.78, 5) is 6.82. The zero-order valence-corrected chi connectivity index (χ0v) is 10.8. The molecule has 3 nitrogen and oxygen atoms in total. The molecule has 86 valence electrons. The van der Waals surface area contributed by atoms with Gasteiger partial charge < -0.3 is 10.6 Å². The van der Waals surface area contributed by atoms with Crippen LogP contribution in [0.25, 0.3) is 10.2 Å². The molecule has 1 heterocycles. The van der Waals surface area contributed by atoms with Gasteiger partial charge in [-0.25, -0.2) is 4.98 Å². The van der Waals surface area contributed by atoms with E-state index >= 15 is 0 Å². The van der Waals surface area contributed by atoms with Gasteiger partial charge in [0, 0.05) is 13.1 Å². The van der Waals surface area contributed by atoms with E-state index in [1.165, 1.54) is 10.4 Å². The first kappa shape index (κ1) is 11.2. The van der Waals surface area contributed by atoms with Gasteiger partial charge >= 0.3 is 0 Å². The fourth-order valence-corrected chi connectivity index (χ4v) is 2.93. The fraction of sp³-hybridized carbons (Fsp3) is 0.417. The summed E-state index contributed by atoms with van der Waals surface area (Å²) in [6.07, 6.45) is 0. The lowest BCUT2D eigenvalue weighted by Gasteiger charge is -2.21. The molecule has 0 aliphatic carbocycles. The average molecular weight is 235 g/mol. The maximum atomic E-state index is 5.95. The third-order valence-electron chi connectivity index (χ3n) is 2.77. The van der Waals surface area contributed by atoms with Gasteiger partial charge in [-0.15, -0.1) is 11.3 Å². The minimum atomic E-state index is 0.773. The number of thiazole rings is 1. The van der Waals surface area contributed by atoms with E-state index in [0.717, 1.165) is 29.3 Å². The third-order valence-corrected chi connectivity index (χ3v) is 3.76. The van der Waals surface area contributed by atoms with Crippen LogP contribution in [0.1, 0.15) is 18.9 Å². The lowest BCUT2D eigenvalue weighted by atomic mass is 10.2. The molecular formula is C12H17N3S. The van der Waals surface area contributed by atoms with E-state index in [4.69, 9.17) is 5.73 Å². The van der Waals surface area contributed by atoms with Crippen LogP contribution < -0.4 is 10.6 Å². The maximum Gasteiger partial charge on any atom is 0.107 e. The van der Waals surface area contributed by atoms with Crippen LogP contribution in [-0.2, 0) is 0 Å². The van der Waals surface area contributed by atoms with Crippen LogP contribution in [-0.4, -0.2) is 18.1 Å². The lowest BCUT2D eigenvalue weighted by molar-refractivity contribution is 0.871. The van der Waals surface area contributed by atoms with Crippen LogP contribution in [0.15, 0.2) is 12.1 Å². The first-order valence-electron chi connectivity index (χ1n) is 5.58. The van der Waals surface area contributed by atoms with Crippen molar-refractivity contribution in [2.75, 3.05) is 23.7 Å². The molecule has 2 aromatic rings. The van der Waals surface area contributed by atoms with Gasteiger partial charge in [-0.1, -0.05) is 0 Å². The molecule has 0 unspecified atom stereocenters. The van der Waals surface area contributed by atoms with Gasteiger partial charge in [-0.3, -0.25) is 0 Å². The molecule has 2 rings (SSSR count).